The van der Waals surface area contributed by atoms with E-state index in [0.717, 1.165) is 50.7 Å². The zero-order valence-electron chi connectivity index (χ0n) is 13.7. The molecule has 0 unspecified atom stereocenters. The second-order valence-corrected chi connectivity index (χ2v) is 6.25. The number of nitrogens with zero attached hydrogens (tertiary/aromatic N) is 3. The fourth-order valence-electron chi connectivity index (χ4n) is 3.25. The summed E-state index contributed by atoms with van der Waals surface area (Å²) in [6.07, 6.45) is 4.53. The minimum Gasteiger partial charge on any atom is -0.465 e. The van der Waals surface area contributed by atoms with E-state index in [1.54, 1.807) is 6.20 Å². The fraction of sp³-hybridized carbons (Fsp3) is 0.500. The number of rotatable bonds is 6. The first kappa shape index (κ1) is 16.2. The second-order valence-electron chi connectivity index (χ2n) is 6.25. The second kappa shape index (κ2) is 7.73. The topological polar surface area (TPSA) is 52.7 Å². The third kappa shape index (κ3) is 4.41. The quantitative estimate of drug-likeness (QED) is 0.884. The summed E-state index contributed by atoms with van der Waals surface area (Å²) in [5.74, 6) is 1.96. The van der Waals surface area contributed by atoms with E-state index >= 15 is 0 Å². The van der Waals surface area contributed by atoms with Crippen LogP contribution in [0, 0.1) is 6.92 Å². The smallest absolute Gasteiger partial charge is 0.118 e. The van der Waals surface area contributed by atoms with Crippen molar-refractivity contribution in [2.24, 2.45) is 0 Å². The Kier molecular flexibility index (Phi) is 5.43. The molecule has 0 amide bonds. The van der Waals surface area contributed by atoms with E-state index < -0.39 is 0 Å². The summed E-state index contributed by atoms with van der Waals surface area (Å²) in [7, 11) is 0. The first-order valence-electron chi connectivity index (χ1n) is 8.26. The van der Waals surface area contributed by atoms with Gasteiger partial charge in [-0.1, -0.05) is 6.07 Å². The molecule has 0 aliphatic carbocycles. The van der Waals surface area contributed by atoms with Crippen LogP contribution in [-0.2, 0) is 13.1 Å². The summed E-state index contributed by atoms with van der Waals surface area (Å²) in [6.45, 7) is 6.92. The Hall–Kier alpha value is -1.69. The molecule has 1 saturated heterocycles. The summed E-state index contributed by atoms with van der Waals surface area (Å²) < 4.78 is 5.71. The standard InChI is InChI=1S/C18H25N3O2/c1-15-4-5-18(23-15)14-21-9-8-20(13-17(21)6-10-22)12-16-3-2-7-19-11-16/h2-5,7,11,17,22H,6,8-10,12-14H2,1H3/t17-/m0/s1. The Balaban J connectivity index is 1.61. The Morgan fingerprint density at radius 1 is 1.26 bits per heavy atom. The molecule has 5 heteroatoms. The van der Waals surface area contributed by atoms with Crippen LogP contribution in [0.5, 0.6) is 0 Å². The van der Waals surface area contributed by atoms with Crippen molar-refractivity contribution in [3.63, 3.8) is 0 Å². The number of aliphatic hydroxyl groups excluding tert-OH is 1. The van der Waals surface area contributed by atoms with Gasteiger partial charge >= 0.3 is 0 Å². The van der Waals surface area contributed by atoms with Crippen LogP contribution in [-0.4, -0.2) is 52.2 Å². The zero-order valence-corrected chi connectivity index (χ0v) is 13.7. The van der Waals surface area contributed by atoms with Crippen molar-refractivity contribution in [3.05, 3.63) is 53.7 Å². The van der Waals surface area contributed by atoms with Gasteiger partial charge in [-0.25, -0.2) is 0 Å². The number of aromatic nitrogens is 1. The van der Waals surface area contributed by atoms with E-state index in [9.17, 15) is 5.11 Å². The van der Waals surface area contributed by atoms with E-state index in [2.05, 4.69) is 20.9 Å². The van der Waals surface area contributed by atoms with Crippen LogP contribution >= 0.6 is 0 Å². The van der Waals surface area contributed by atoms with Crippen molar-refractivity contribution in [1.82, 2.24) is 14.8 Å². The summed E-state index contributed by atoms with van der Waals surface area (Å²) in [5, 5.41) is 9.40. The molecule has 1 fully saturated rings. The molecule has 0 bridgehead atoms. The van der Waals surface area contributed by atoms with Crippen LogP contribution in [0.25, 0.3) is 0 Å². The lowest BCUT2D eigenvalue weighted by Crippen LogP contribution is -2.52. The molecule has 0 spiro atoms. The van der Waals surface area contributed by atoms with Crippen molar-refractivity contribution in [2.75, 3.05) is 26.2 Å². The SMILES string of the molecule is Cc1ccc(CN2CCN(Cc3cccnc3)C[C@@H]2CCO)o1. The van der Waals surface area contributed by atoms with Gasteiger partial charge in [0.25, 0.3) is 0 Å². The lowest BCUT2D eigenvalue weighted by molar-refractivity contribution is 0.0454. The van der Waals surface area contributed by atoms with Crippen molar-refractivity contribution >= 4 is 0 Å². The number of aliphatic hydroxyl groups is 1. The number of hydrogen-bond acceptors (Lipinski definition) is 5. The van der Waals surface area contributed by atoms with Gasteiger partial charge in [0.1, 0.15) is 11.5 Å². The highest BCUT2D eigenvalue weighted by Gasteiger charge is 2.27. The van der Waals surface area contributed by atoms with Gasteiger partial charge in [0, 0.05) is 51.2 Å². The third-order valence-corrected chi connectivity index (χ3v) is 4.44. The van der Waals surface area contributed by atoms with E-state index in [1.165, 1.54) is 5.56 Å². The lowest BCUT2D eigenvalue weighted by atomic mass is 10.1. The van der Waals surface area contributed by atoms with Crippen molar-refractivity contribution < 1.29 is 9.52 Å². The van der Waals surface area contributed by atoms with Crippen LogP contribution in [0.4, 0.5) is 0 Å². The van der Waals surface area contributed by atoms with E-state index in [1.807, 2.05) is 31.3 Å². The van der Waals surface area contributed by atoms with Crippen molar-refractivity contribution in [3.8, 4) is 0 Å². The highest BCUT2D eigenvalue weighted by molar-refractivity contribution is 5.09. The Morgan fingerprint density at radius 3 is 2.87 bits per heavy atom. The first-order valence-corrected chi connectivity index (χ1v) is 8.26. The molecule has 1 aliphatic heterocycles. The van der Waals surface area contributed by atoms with Crippen LogP contribution in [0.15, 0.2) is 41.1 Å². The molecule has 1 atom stereocenters. The monoisotopic (exact) mass is 315 g/mol. The van der Waals surface area contributed by atoms with Crippen LogP contribution in [0.1, 0.15) is 23.5 Å². The van der Waals surface area contributed by atoms with Crippen LogP contribution in [0.3, 0.4) is 0 Å². The molecular weight excluding hydrogens is 290 g/mol. The number of pyridine rings is 1. The predicted octanol–water partition coefficient (Wildman–Crippen LogP) is 2.05. The number of aryl methyl sites for hydroxylation is 1. The minimum atomic E-state index is 0.221. The normalized spacial score (nSPS) is 20.0. The van der Waals surface area contributed by atoms with Gasteiger partial charge in [-0.2, -0.15) is 0 Å². The lowest BCUT2D eigenvalue weighted by Gasteiger charge is -2.41. The van der Waals surface area contributed by atoms with Crippen LogP contribution < -0.4 is 0 Å². The molecule has 2 aromatic heterocycles. The van der Waals surface area contributed by atoms with Gasteiger partial charge in [0.05, 0.1) is 6.54 Å². The predicted molar refractivity (Wildman–Crippen MR) is 88.9 cm³/mol. The van der Waals surface area contributed by atoms with Gasteiger partial charge in [0.15, 0.2) is 0 Å². The third-order valence-electron chi connectivity index (χ3n) is 4.44. The van der Waals surface area contributed by atoms with Gasteiger partial charge in [0.2, 0.25) is 0 Å². The summed E-state index contributed by atoms with van der Waals surface area (Å²) >= 11 is 0. The van der Waals surface area contributed by atoms with E-state index in [4.69, 9.17) is 4.42 Å². The van der Waals surface area contributed by atoms with Gasteiger partial charge in [-0.3, -0.25) is 14.8 Å². The molecule has 0 aromatic carbocycles. The van der Waals surface area contributed by atoms with E-state index in [-0.39, 0.29) is 6.61 Å². The molecule has 1 N–H and O–H groups in total. The first-order chi connectivity index (χ1) is 11.2. The number of furan rings is 1. The highest BCUT2D eigenvalue weighted by atomic mass is 16.3. The van der Waals surface area contributed by atoms with Gasteiger partial charge < -0.3 is 9.52 Å². The molecule has 2 aromatic rings. The summed E-state index contributed by atoms with van der Waals surface area (Å²) in [5.41, 5.74) is 1.24. The molecule has 5 nitrogen and oxygen atoms in total. The molecule has 1 aliphatic rings. The fourth-order valence-corrected chi connectivity index (χ4v) is 3.25. The maximum atomic E-state index is 9.40. The number of piperazine rings is 1. The largest absolute Gasteiger partial charge is 0.465 e. The van der Waals surface area contributed by atoms with Crippen molar-refractivity contribution in [1.29, 1.82) is 0 Å². The molecule has 0 saturated carbocycles. The average molecular weight is 315 g/mol. The summed E-state index contributed by atoms with van der Waals surface area (Å²) in [4.78, 5) is 9.06. The maximum Gasteiger partial charge on any atom is 0.118 e. The Bertz CT molecular complexity index is 599. The molecular formula is C18H25N3O2. The maximum absolute atomic E-state index is 9.40. The van der Waals surface area contributed by atoms with Gasteiger partial charge in [-0.15, -0.1) is 0 Å². The van der Waals surface area contributed by atoms with Gasteiger partial charge in [-0.05, 0) is 37.1 Å². The molecule has 124 valence electrons. The molecule has 3 rings (SSSR count). The Morgan fingerprint density at radius 2 is 2.17 bits per heavy atom. The highest BCUT2D eigenvalue weighted by Crippen LogP contribution is 2.19. The number of hydrogen-bond donors (Lipinski definition) is 1. The molecule has 23 heavy (non-hydrogen) atoms. The van der Waals surface area contributed by atoms with Crippen molar-refractivity contribution in [2.45, 2.75) is 32.5 Å². The Labute approximate surface area is 137 Å². The zero-order chi connectivity index (χ0) is 16.1. The minimum absolute atomic E-state index is 0.221. The van der Waals surface area contributed by atoms with Crippen LogP contribution in [0.2, 0.25) is 0 Å². The average Bonchev–Trinajstić information content (AvgIpc) is 2.96. The molecule has 0 radical (unpaired) electrons. The molecule has 3 heterocycles. The van der Waals surface area contributed by atoms with E-state index in [0.29, 0.717) is 6.04 Å². The summed E-state index contributed by atoms with van der Waals surface area (Å²) in [6, 6.07) is 8.51.